The number of H-pyrrole nitrogens is 1. The van der Waals surface area contributed by atoms with Crippen molar-refractivity contribution in [2.45, 2.75) is 19.4 Å². The molecule has 4 aromatic rings. The fourth-order valence-electron chi connectivity index (χ4n) is 4.47. The van der Waals surface area contributed by atoms with E-state index in [1.54, 1.807) is 7.11 Å². The van der Waals surface area contributed by atoms with Crippen molar-refractivity contribution in [3.8, 4) is 5.75 Å². The van der Waals surface area contributed by atoms with Gasteiger partial charge in [-0.15, -0.1) is 0 Å². The number of carbonyl (C=O) groups is 1. The van der Waals surface area contributed by atoms with Gasteiger partial charge in [0.1, 0.15) is 5.75 Å². The van der Waals surface area contributed by atoms with Gasteiger partial charge < -0.3 is 19.9 Å². The molecule has 1 aliphatic rings. The van der Waals surface area contributed by atoms with Crippen LogP contribution in [0.4, 0.5) is 10.5 Å². The van der Waals surface area contributed by atoms with Gasteiger partial charge in [-0.2, -0.15) is 0 Å². The van der Waals surface area contributed by atoms with E-state index in [9.17, 15) is 4.79 Å². The van der Waals surface area contributed by atoms with E-state index in [-0.39, 0.29) is 12.1 Å². The van der Waals surface area contributed by atoms with Gasteiger partial charge in [-0.3, -0.25) is 0 Å². The van der Waals surface area contributed by atoms with Crippen molar-refractivity contribution in [1.82, 2.24) is 9.88 Å². The van der Waals surface area contributed by atoms with Gasteiger partial charge in [-0.25, -0.2) is 4.79 Å². The second-order valence-electron chi connectivity index (χ2n) is 8.13. The number of hydrogen-bond donors (Lipinski definition) is 2. The number of aryl methyl sites for hydroxylation is 1. The van der Waals surface area contributed by atoms with Crippen LogP contribution >= 0.6 is 11.6 Å². The largest absolute Gasteiger partial charge is 0.497 e. The molecule has 0 spiro atoms. The van der Waals surface area contributed by atoms with E-state index in [4.69, 9.17) is 16.3 Å². The molecule has 0 radical (unpaired) electrons. The Hall–Kier alpha value is -3.44. The van der Waals surface area contributed by atoms with Crippen molar-refractivity contribution in [2.24, 2.45) is 0 Å². The highest BCUT2D eigenvalue weighted by molar-refractivity contribution is 6.31. The maximum absolute atomic E-state index is 13.4. The van der Waals surface area contributed by atoms with Gasteiger partial charge in [0, 0.05) is 39.9 Å². The monoisotopic (exact) mass is 445 g/mol. The summed E-state index contributed by atoms with van der Waals surface area (Å²) in [6.07, 6.45) is 0.754. The van der Waals surface area contributed by atoms with E-state index in [0.29, 0.717) is 23.0 Å². The van der Waals surface area contributed by atoms with Crippen LogP contribution in [0.25, 0.3) is 10.9 Å². The van der Waals surface area contributed by atoms with E-state index in [2.05, 4.69) is 41.5 Å². The molecule has 0 fully saturated rings. The molecule has 3 aromatic carbocycles. The lowest BCUT2D eigenvalue weighted by Crippen LogP contribution is -2.43. The summed E-state index contributed by atoms with van der Waals surface area (Å²) >= 11 is 6.28. The number of rotatable bonds is 3. The second-order valence-corrected chi connectivity index (χ2v) is 8.56. The van der Waals surface area contributed by atoms with Crippen molar-refractivity contribution in [1.29, 1.82) is 0 Å². The minimum Gasteiger partial charge on any atom is -0.497 e. The van der Waals surface area contributed by atoms with Crippen LogP contribution in [0.15, 0.2) is 66.7 Å². The van der Waals surface area contributed by atoms with Crippen LogP contribution in [0, 0.1) is 6.92 Å². The number of fused-ring (bicyclic) bond motifs is 3. The molecule has 162 valence electrons. The van der Waals surface area contributed by atoms with Gasteiger partial charge in [0.15, 0.2) is 0 Å². The molecule has 1 aliphatic heterocycles. The van der Waals surface area contributed by atoms with Crippen LogP contribution in [0.2, 0.25) is 5.02 Å². The fourth-order valence-corrected chi connectivity index (χ4v) is 4.64. The molecule has 32 heavy (non-hydrogen) atoms. The number of ether oxygens (including phenoxy) is 1. The highest BCUT2D eigenvalue weighted by Gasteiger charge is 2.34. The Bertz CT molecular complexity index is 1300. The number of halogens is 1. The summed E-state index contributed by atoms with van der Waals surface area (Å²) in [5.41, 5.74) is 6.24. The van der Waals surface area contributed by atoms with Crippen LogP contribution in [-0.2, 0) is 6.42 Å². The highest BCUT2D eigenvalue weighted by Crippen LogP contribution is 2.39. The number of anilines is 1. The molecule has 0 aliphatic carbocycles. The first kappa shape index (κ1) is 20.5. The SMILES string of the molecule is COc1cccc(NC(=O)N2CCc3c([nH]c4ccc(Cl)cc34)[C@H]2c2ccc(C)cc2)c1. The van der Waals surface area contributed by atoms with Gasteiger partial charge in [-0.05, 0) is 54.8 Å². The first-order valence-electron chi connectivity index (χ1n) is 10.6. The van der Waals surface area contributed by atoms with Crippen molar-refractivity contribution in [3.63, 3.8) is 0 Å². The molecule has 1 atom stereocenters. The molecule has 5 rings (SSSR count). The molecular formula is C26H24ClN3O2. The van der Waals surface area contributed by atoms with E-state index < -0.39 is 0 Å². The maximum atomic E-state index is 13.4. The summed E-state index contributed by atoms with van der Waals surface area (Å²) in [5, 5.41) is 4.88. The number of urea groups is 1. The van der Waals surface area contributed by atoms with E-state index in [1.807, 2.05) is 47.4 Å². The molecule has 2 amide bonds. The number of nitrogens with one attached hydrogen (secondary N) is 2. The number of amides is 2. The van der Waals surface area contributed by atoms with Crippen molar-refractivity contribution in [3.05, 3.63) is 94.1 Å². The van der Waals surface area contributed by atoms with Gasteiger partial charge in [0.05, 0.1) is 13.2 Å². The predicted octanol–water partition coefficient (Wildman–Crippen LogP) is 6.32. The second kappa shape index (κ2) is 8.24. The fraction of sp³-hybridized carbons (Fsp3) is 0.192. The zero-order chi connectivity index (χ0) is 22.2. The summed E-state index contributed by atoms with van der Waals surface area (Å²) in [7, 11) is 1.61. The zero-order valence-corrected chi connectivity index (χ0v) is 18.7. The molecule has 2 heterocycles. The lowest BCUT2D eigenvalue weighted by molar-refractivity contribution is 0.193. The topological polar surface area (TPSA) is 57.4 Å². The Morgan fingerprint density at radius 1 is 1.12 bits per heavy atom. The average Bonchev–Trinajstić information content (AvgIpc) is 3.17. The Kier molecular flexibility index (Phi) is 5.27. The molecule has 0 unspecified atom stereocenters. The minimum atomic E-state index is -0.226. The number of methoxy groups -OCH3 is 1. The highest BCUT2D eigenvalue weighted by atomic mass is 35.5. The third-order valence-electron chi connectivity index (χ3n) is 6.06. The van der Waals surface area contributed by atoms with E-state index in [0.717, 1.165) is 28.6 Å². The van der Waals surface area contributed by atoms with Gasteiger partial charge in [0.2, 0.25) is 0 Å². The molecule has 5 nitrogen and oxygen atoms in total. The third-order valence-corrected chi connectivity index (χ3v) is 6.30. The summed E-state index contributed by atoms with van der Waals surface area (Å²) in [6, 6.07) is 21.3. The Labute approximate surface area is 192 Å². The van der Waals surface area contributed by atoms with Crippen LogP contribution < -0.4 is 10.1 Å². The van der Waals surface area contributed by atoms with Crippen LogP contribution in [0.1, 0.15) is 28.4 Å². The molecule has 2 N–H and O–H groups in total. The number of aromatic amines is 1. The quantitative estimate of drug-likeness (QED) is 0.387. The number of carbonyl (C=O) groups excluding carboxylic acids is 1. The summed E-state index contributed by atoms with van der Waals surface area (Å²) in [6.45, 7) is 2.66. The third kappa shape index (κ3) is 3.69. The van der Waals surface area contributed by atoms with Gasteiger partial charge in [-0.1, -0.05) is 47.5 Å². The first-order valence-corrected chi connectivity index (χ1v) is 11.0. The smallest absolute Gasteiger partial charge is 0.322 e. The molecule has 0 bridgehead atoms. The van der Waals surface area contributed by atoms with Crippen LogP contribution in [0.5, 0.6) is 5.75 Å². The van der Waals surface area contributed by atoms with E-state index >= 15 is 0 Å². The zero-order valence-electron chi connectivity index (χ0n) is 18.0. The van der Waals surface area contributed by atoms with Crippen LogP contribution in [0.3, 0.4) is 0 Å². The number of benzene rings is 3. The molecule has 0 saturated carbocycles. The standard InChI is InChI=1S/C26H24ClN3O2/c1-16-6-8-17(9-7-16)25-24-21(22-14-18(27)10-11-23(22)29-24)12-13-30(25)26(31)28-19-4-3-5-20(15-19)32-2/h3-11,14-15,25,29H,12-13H2,1-2H3,(H,28,31)/t25-/m1/s1. The molecule has 6 heteroatoms. The van der Waals surface area contributed by atoms with E-state index in [1.165, 1.54) is 11.1 Å². The Morgan fingerprint density at radius 2 is 1.94 bits per heavy atom. The number of aromatic nitrogens is 1. The lowest BCUT2D eigenvalue weighted by atomic mass is 9.92. The van der Waals surface area contributed by atoms with Gasteiger partial charge in [0.25, 0.3) is 0 Å². The van der Waals surface area contributed by atoms with Crippen molar-refractivity contribution in [2.75, 3.05) is 19.0 Å². The normalized spacial score (nSPS) is 15.5. The molecule has 1 aromatic heterocycles. The summed E-state index contributed by atoms with van der Waals surface area (Å²) in [5.74, 6) is 0.700. The molecule has 0 saturated heterocycles. The predicted molar refractivity (Wildman–Crippen MR) is 129 cm³/mol. The van der Waals surface area contributed by atoms with Crippen molar-refractivity contribution < 1.29 is 9.53 Å². The number of nitrogens with zero attached hydrogens (tertiary/aromatic N) is 1. The van der Waals surface area contributed by atoms with Crippen molar-refractivity contribution >= 4 is 34.2 Å². The van der Waals surface area contributed by atoms with Gasteiger partial charge >= 0.3 is 6.03 Å². The number of hydrogen-bond acceptors (Lipinski definition) is 2. The lowest BCUT2D eigenvalue weighted by Gasteiger charge is -2.36. The minimum absolute atomic E-state index is 0.147. The molecular weight excluding hydrogens is 422 g/mol. The Balaban J connectivity index is 1.56. The summed E-state index contributed by atoms with van der Waals surface area (Å²) < 4.78 is 5.29. The average molecular weight is 446 g/mol. The summed E-state index contributed by atoms with van der Waals surface area (Å²) in [4.78, 5) is 18.9. The van der Waals surface area contributed by atoms with Crippen LogP contribution in [-0.4, -0.2) is 29.6 Å². The maximum Gasteiger partial charge on any atom is 0.322 e. The Morgan fingerprint density at radius 3 is 2.72 bits per heavy atom. The first-order chi connectivity index (χ1) is 15.5.